The van der Waals surface area contributed by atoms with Gasteiger partial charge in [0.15, 0.2) is 0 Å². The second kappa shape index (κ2) is 6.74. The molecule has 0 aliphatic carbocycles. The second-order valence-corrected chi connectivity index (χ2v) is 10.1. The monoisotopic (exact) mass is 436 g/mol. The van der Waals surface area contributed by atoms with Crippen molar-refractivity contribution < 1.29 is 16.8 Å². The maximum Gasteiger partial charge on any atom is 0.206 e. The van der Waals surface area contributed by atoms with E-state index in [9.17, 15) is 16.8 Å². The highest BCUT2D eigenvalue weighted by molar-refractivity contribution is 9.10. The lowest BCUT2D eigenvalue weighted by molar-refractivity contribution is 0.594. The first-order chi connectivity index (χ1) is 11.8. The number of sulfone groups is 2. The van der Waals surface area contributed by atoms with E-state index in [4.69, 9.17) is 0 Å². The van der Waals surface area contributed by atoms with Gasteiger partial charge in [0.25, 0.3) is 0 Å². The Morgan fingerprint density at radius 2 is 0.960 bits per heavy atom. The van der Waals surface area contributed by atoms with E-state index in [0.29, 0.717) is 0 Å². The van der Waals surface area contributed by atoms with Crippen LogP contribution >= 0.6 is 15.9 Å². The normalized spacial score (nSPS) is 12.0. The third kappa shape index (κ3) is 3.53. The topological polar surface area (TPSA) is 68.3 Å². The van der Waals surface area contributed by atoms with E-state index in [1.54, 1.807) is 30.3 Å². The SMILES string of the molecule is O=S(=O)(c1ccccc1)c1cccc(S(=O)(=O)c2ccc(Br)cc2)c1. The van der Waals surface area contributed by atoms with Crippen LogP contribution in [0.1, 0.15) is 0 Å². The summed E-state index contributed by atoms with van der Waals surface area (Å²) in [4.78, 5) is 0.0989. The van der Waals surface area contributed by atoms with Gasteiger partial charge in [-0.25, -0.2) is 16.8 Å². The fourth-order valence-corrected chi connectivity index (χ4v) is 5.27. The number of rotatable bonds is 4. The fraction of sp³-hybridized carbons (Fsp3) is 0. The predicted octanol–water partition coefficient (Wildman–Crippen LogP) is 4.11. The van der Waals surface area contributed by atoms with Crippen molar-refractivity contribution in [1.82, 2.24) is 0 Å². The Bertz CT molecular complexity index is 1110. The van der Waals surface area contributed by atoms with Crippen molar-refractivity contribution in [3.05, 3.63) is 83.3 Å². The third-order valence-corrected chi connectivity index (χ3v) is 7.67. The van der Waals surface area contributed by atoms with Crippen LogP contribution in [0.5, 0.6) is 0 Å². The molecule has 0 saturated carbocycles. The van der Waals surface area contributed by atoms with Crippen molar-refractivity contribution in [1.29, 1.82) is 0 Å². The minimum absolute atomic E-state index is 0.0584. The molecule has 3 aromatic carbocycles. The van der Waals surface area contributed by atoms with E-state index in [0.717, 1.165) is 4.47 Å². The van der Waals surface area contributed by atoms with Gasteiger partial charge in [0.1, 0.15) is 0 Å². The van der Waals surface area contributed by atoms with Gasteiger partial charge in [-0.1, -0.05) is 40.2 Å². The Hall–Kier alpha value is -1.96. The van der Waals surface area contributed by atoms with Crippen molar-refractivity contribution in [3.8, 4) is 0 Å². The molecule has 25 heavy (non-hydrogen) atoms. The van der Waals surface area contributed by atoms with E-state index in [2.05, 4.69) is 15.9 Å². The molecule has 0 aliphatic rings. The lowest BCUT2D eigenvalue weighted by atomic mass is 10.4. The number of benzene rings is 3. The Labute approximate surface area is 155 Å². The van der Waals surface area contributed by atoms with E-state index >= 15 is 0 Å². The zero-order chi connectivity index (χ0) is 18.1. The summed E-state index contributed by atoms with van der Waals surface area (Å²) in [6.07, 6.45) is 0. The lowest BCUT2D eigenvalue weighted by Gasteiger charge is -2.08. The first-order valence-corrected chi connectivity index (χ1v) is 11.0. The average Bonchev–Trinajstić information content (AvgIpc) is 2.63. The summed E-state index contributed by atoms with van der Waals surface area (Å²) in [5.41, 5.74) is 0. The van der Waals surface area contributed by atoms with Gasteiger partial charge in [-0.2, -0.15) is 0 Å². The average molecular weight is 437 g/mol. The Kier molecular flexibility index (Phi) is 4.81. The minimum Gasteiger partial charge on any atom is -0.219 e. The molecular weight excluding hydrogens is 424 g/mol. The van der Waals surface area contributed by atoms with Crippen LogP contribution in [-0.2, 0) is 19.7 Å². The molecule has 3 aromatic rings. The molecule has 128 valence electrons. The third-order valence-electron chi connectivity index (χ3n) is 3.60. The molecule has 0 heterocycles. The molecule has 3 rings (SSSR count). The molecule has 0 fully saturated rings. The quantitative estimate of drug-likeness (QED) is 0.616. The molecule has 0 aliphatic heterocycles. The number of halogens is 1. The Balaban J connectivity index is 2.10. The zero-order valence-electron chi connectivity index (χ0n) is 12.8. The van der Waals surface area contributed by atoms with Gasteiger partial charge in [-0.15, -0.1) is 0 Å². The van der Waals surface area contributed by atoms with Gasteiger partial charge in [-0.05, 0) is 54.6 Å². The van der Waals surface area contributed by atoms with E-state index < -0.39 is 19.7 Å². The highest BCUT2D eigenvalue weighted by Crippen LogP contribution is 2.27. The first-order valence-electron chi connectivity index (χ1n) is 7.23. The van der Waals surface area contributed by atoms with Crippen LogP contribution in [0.4, 0.5) is 0 Å². The molecule has 4 nitrogen and oxygen atoms in total. The summed E-state index contributed by atoms with van der Waals surface area (Å²) in [6, 6.07) is 19.5. The van der Waals surface area contributed by atoms with Gasteiger partial charge in [0.05, 0.1) is 19.6 Å². The maximum atomic E-state index is 12.8. The minimum atomic E-state index is -3.81. The Morgan fingerprint density at radius 1 is 0.520 bits per heavy atom. The molecule has 0 spiro atoms. The predicted molar refractivity (Wildman–Crippen MR) is 97.9 cm³/mol. The number of hydrogen-bond donors (Lipinski definition) is 0. The van der Waals surface area contributed by atoms with E-state index in [1.807, 2.05) is 0 Å². The van der Waals surface area contributed by atoms with Crippen molar-refractivity contribution in [3.63, 3.8) is 0 Å². The van der Waals surface area contributed by atoms with Crippen molar-refractivity contribution in [2.75, 3.05) is 0 Å². The molecule has 0 amide bonds. The maximum absolute atomic E-state index is 12.8. The Morgan fingerprint density at radius 3 is 1.48 bits per heavy atom. The van der Waals surface area contributed by atoms with Crippen LogP contribution in [0.15, 0.2) is 103 Å². The largest absolute Gasteiger partial charge is 0.219 e. The van der Waals surface area contributed by atoms with Crippen LogP contribution < -0.4 is 0 Å². The molecule has 0 unspecified atom stereocenters. The first kappa shape index (κ1) is 17.8. The highest BCUT2D eigenvalue weighted by atomic mass is 79.9. The molecule has 0 atom stereocenters. The fourth-order valence-electron chi connectivity index (χ4n) is 2.29. The smallest absolute Gasteiger partial charge is 0.206 e. The van der Waals surface area contributed by atoms with Crippen LogP contribution in [0.2, 0.25) is 0 Å². The highest BCUT2D eigenvalue weighted by Gasteiger charge is 2.22. The summed E-state index contributed by atoms with van der Waals surface area (Å²) in [5.74, 6) is 0. The van der Waals surface area contributed by atoms with Gasteiger partial charge < -0.3 is 0 Å². The summed E-state index contributed by atoms with van der Waals surface area (Å²) < 4.78 is 51.6. The van der Waals surface area contributed by atoms with E-state index in [1.165, 1.54) is 48.5 Å². The molecule has 7 heteroatoms. The van der Waals surface area contributed by atoms with Crippen molar-refractivity contribution in [2.45, 2.75) is 19.6 Å². The van der Waals surface area contributed by atoms with Gasteiger partial charge in [0.2, 0.25) is 19.7 Å². The molecule has 0 N–H and O–H groups in total. The molecule has 0 aromatic heterocycles. The van der Waals surface area contributed by atoms with Gasteiger partial charge >= 0.3 is 0 Å². The van der Waals surface area contributed by atoms with Crippen LogP contribution in [0.3, 0.4) is 0 Å². The van der Waals surface area contributed by atoms with Gasteiger partial charge in [0, 0.05) is 4.47 Å². The van der Waals surface area contributed by atoms with Crippen molar-refractivity contribution >= 4 is 35.6 Å². The summed E-state index contributed by atoms with van der Waals surface area (Å²) in [5, 5.41) is 0. The summed E-state index contributed by atoms with van der Waals surface area (Å²) in [6.45, 7) is 0. The molecule has 0 bridgehead atoms. The molecule has 0 radical (unpaired) electrons. The van der Waals surface area contributed by atoms with Crippen molar-refractivity contribution in [2.24, 2.45) is 0 Å². The van der Waals surface area contributed by atoms with Crippen LogP contribution in [-0.4, -0.2) is 16.8 Å². The summed E-state index contributed by atoms with van der Waals surface area (Å²) in [7, 11) is -7.59. The number of hydrogen-bond acceptors (Lipinski definition) is 4. The van der Waals surface area contributed by atoms with Gasteiger partial charge in [-0.3, -0.25) is 0 Å². The van der Waals surface area contributed by atoms with E-state index in [-0.39, 0.29) is 19.6 Å². The molecular formula is C18H13BrO4S2. The molecule has 0 saturated heterocycles. The summed E-state index contributed by atoms with van der Waals surface area (Å²) >= 11 is 3.26. The van der Waals surface area contributed by atoms with Crippen LogP contribution in [0, 0.1) is 0 Å². The lowest BCUT2D eigenvalue weighted by Crippen LogP contribution is -2.06. The van der Waals surface area contributed by atoms with Crippen LogP contribution in [0.25, 0.3) is 0 Å². The second-order valence-electron chi connectivity index (χ2n) is 5.25. The zero-order valence-corrected chi connectivity index (χ0v) is 16.1. The standard InChI is InChI=1S/C18H13BrO4S2/c19-14-9-11-16(12-10-14)25(22,23)18-8-4-7-17(13-18)24(20,21)15-5-2-1-3-6-15/h1-13H.